The van der Waals surface area contributed by atoms with Crippen LogP contribution < -0.4 is 16.2 Å². The van der Waals surface area contributed by atoms with Gasteiger partial charge < -0.3 is 15.5 Å². The van der Waals surface area contributed by atoms with Gasteiger partial charge in [-0.15, -0.1) is 12.4 Å². The Morgan fingerprint density at radius 2 is 1.87 bits per heavy atom. The molecule has 1 fully saturated rings. The first-order chi connectivity index (χ1) is 17.6. The summed E-state index contributed by atoms with van der Waals surface area (Å²) in [4.78, 5) is 39.9. The number of hydrogen-bond donors (Lipinski definition) is 2. The van der Waals surface area contributed by atoms with E-state index in [-0.39, 0.29) is 57.9 Å². The maximum Gasteiger partial charge on any atom is 0.267 e. The number of benzene rings is 2. The molecule has 12 heteroatoms. The number of nitrogens with zero attached hydrogens (tertiary/aromatic N) is 4. The SMILES string of the molecule is C[C@@H]1CN(C(=O)c2cc(C#N)cc(NC(=O)Cn3nc(-c4ccc(Cl)c(F)c4)ccc3=O)c2)C[C@H](C)N1.Cl. The van der Waals surface area contributed by atoms with E-state index in [1.54, 1.807) is 11.0 Å². The second kappa shape index (κ2) is 12.2. The maximum absolute atomic E-state index is 13.9. The summed E-state index contributed by atoms with van der Waals surface area (Å²) in [5, 5.41) is 19.6. The Morgan fingerprint density at radius 3 is 2.53 bits per heavy atom. The van der Waals surface area contributed by atoms with Crippen LogP contribution in [0.2, 0.25) is 5.02 Å². The van der Waals surface area contributed by atoms with Crippen molar-refractivity contribution in [3.63, 3.8) is 0 Å². The molecule has 0 radical (unpaired) electrons. The first-order valence-electron chi connectivity index (χ1n) is 11.6. The van der Waals surface area contributed by atoms with Crippen LogP contribution in [0, 0.1) is 17.1 Å². The topological polar surface area (TPSA) is 120 Å². The summed E-state index contributed by atoms with van der Waals surface area (Å²) < 4.78 is 14.8. The lowest BCUT2D eigenvalue weighted by Crippen LogP contribution is -2.55. The average molecular weight is 559 g/mol. The van der Waals surface area contributed by atoms with Crippen LogP contribution in [0.5, 0.6) is 0 Å². The highest BCUT2D eigenvalue weighted by Crippen LogP contribution is 2.22. The van der Waals surface area contributed by atoms with Gasteiger partial charge in [0.25, 0.3) is 11.5 Å². The Hall–Kier alpha value is -3.78. The quantitative estimate of drug-likeness (QED) is 0.494. The number of aromatic nitrogens is 2. The van der Waals surface area contributed by atoms with Crippen molar-refractivity contribution in [2.45, 2.75) is 32.5 Å². The van der Waals surface area contributed by atoms with Crippen molar-refractivity contribution in [2.75, 3.05) is 18.4 Å². The first-order valence-corrected chi connectivity index (χ1v) is 11.9. The van der Waals surface area contributed by atoms with E-state index in [0.717, 1.165) is 4.68 Å². The van der Waals surface area contributed by atoms with Gasteiger partial charge in [-0.1, -0.05) is 17.7 Å². The summed E-state index contributed by atoms with van der Waals surface area (Å²) in [6.45, 7) is 4.58. The number of nitrogens with one attached hydrogen (secondary N) is 2. The summed E-state index contributed by atoms with van der Waals surface area (Å²) >= 11 is 5.73. The minimum atomic E-state index is -0.635. The zero-order valence-corrected chi connectivity index (χ0v) is 22.1. The highest BCUT2D eigenvalue weighted by molar-refractivity contribution is 6.30. The Balaban J connectivity index is 0.00000400. The normalized spacial score (nSPS) is 16.8. The van der Waals surface area contributed by atoms with E-state index >= 15 is 0 Å². The molecule has 2 heterocycles. The zero-order chi connectivity index (χ0) is 26.7. The molecule has 1 aliphatic heterocycles. The highest BCUT2D eigenvalue weighted by Gasteiger charge is 2.26. The van der Waals surface area contributed by atoms with Crippen LogP contribution in [-0.2, 0) is 11.3 Å². The van der Waals surface area contributed by atoms with Crippen molar-refractivity contribution in [3.05, 3.63) is 80.9 Å². The van der Waals surface area contributed by atoms with Gasteiger partial charge in [-0.3, -0.25) is 14.4 Å². The van der Waals surface area contributed by atoms with Crippen LogP contribution in [-0.4, -0.2) is 51.7 Å². The summed E-state index contributed by atoms with van der Waals surface area (Å²) in [7, 11) is 0. The van der Waals surface area contributed by atoms with Crippen LogP contribution in [0.3, 0.4) is 0 Å². The highest BCUT2D eigenvalue weighted by atomic mass is 35.5. The predicted octanol–water partition coefficient (Wildman–Crippen LogP) is 3.46. The second-order valence-corrected chi connectivity index (χ2v) is 9.39. The molecule has 2 N–H and O–H groups in total. The molecule has 2 aromatic carbocycles. The van der Waals surface area contributed by atoms with Gasteiger partial charge in [-0.25, -0.2) is 9.07 Å². The van der Waals surface area contributed by atoms with Gasteiger partial charge in [0.05, 0.1) is 22.3 Å². The number of amides is 2. The largest absolute Gasteiger partial charge is 0.336 e. The lowest BCUT2D eigenvalue weighted by Gasteiger charge is -2.36. The van der Waals surface area contributed by atoms with Crippen molar-refractivity contribution in [1.29, 1.82) is 5.26 Å². The van der Waals surface area contributed by atoms with Crippen LogP contribution in [0.25, 0.3) is 11.3 Å². The molecule has 9 nitrogen and oxygen atoms in total. The number of hydrogen-bond acceptors (Lipinski definition) is 6. The third-order valence-corrected chi connectivity index (χ3v) is 6.12. The van der Waals surface area contributed by atoms with Crippen LogP contribution >= 0.6 is 24.0 Å². The van der Waals surface area contributed by atoms with E-state index in [1.807, 2.05) is 19.9 Å². The van der Waals surface area contributed by atoms with Crippen molar-refractivity contribution in [1.82, 2.24) is 20.0 Å². The molecule has 38 heavy (non-hydrogen) atoms. The Labute approximate surface area is 229 Å². The standard InChI is InChI=1S/C26H24ClFN6O3.ClH/c1-15-12-33(13-16(2)30-15)26(37)19-7-17(11-29)8-20(9-19)31-24(35)14-34-25(36)6-5-23(32-34)18-3-4-21(27)22(28)10-18;/h3-10,15-16,30H,12-14H2,1-2H3,(H,31,35);1H/t15-,16+;. The number of rotatable bonds is 5. The predicted molar refractivity (Wildman–Crippen MR) is 144 cm³/mol. The lowest BCUT2D eigenvalue weighted by atomic mass is 10.1. The van der Waals surface area contributed by atoms with Crippen LogP contribution in [0.4, 0.5) is 10.1 Å². The van der Waals surface area contributed by atoms with Gasteiger partial charge in [0.2, 0.25) is 5.91 Å². The van der Waals surface area contributed by atoms with Gasteiger partial charge in [-0.2, -0.15) is 10.4 Å². The van der Waals surface area contributed by atoms with E-state index in [4.69, 9.17) is 11.6 Å². The van der Waals surface area contributed by atoms with E-state index in [0.29, 0.717) is 18.7 Å². The van der Waals surface area contributed by atoms with Crippen molar-refractivity contribution in [3.8, 4) is 17.3 Å². The molecule has 1 aromatic heterocycles. The maximum atomic E-state index is 13.9. The summed E-state index contributed by atoms with van der Waals surface area (Å²) in [5.74, 6) is -1.47. The number of nitriles is 1. The van der Waals surface area contributed by atoms with Crippen LogP contribution in [0.1, 0.15) is 29.8 Å². The molecule has 0 unspecified atom stereocenters. The Bertz CT molecular complexity index is 1460. The summed E-state index contributed by atoms with van der Waals surface area (Å²) in [6, 6.07) is 13.4. The smallest absolute Gasteiger partial charge is 0.267 e. The number of halogens is 3. The first kappa shape index (κ1) is 28.8. The van der Waals surface area contributed by atoms with Gasteiger partial charge in [0.15, 0.2) is 0 Å². The van der Waals surface area contributed by atoms with Gasteiger partial charge in [-0.05, 0) is 50.2 Å². The van der Waals surface area contributed by atoms with Gasteiger partial charge in [0.1, 0.15) is 12.4 Å². The molecular formula is C26H25Cl2FN6O3. The Morgan fingerprint density at radius 1 is 1.16 bits per heavy atom. The van der Waals surface area contributed by atoms with E-state index in [9.17, 15) is 24.0 Å². The Kier molecular flexibility index (Phi) is 9.22. The molecule has 198 valence electrons. The van der Waals surface area contributed by atoms with Crippen molar-refractivity contribution >= 4 is 41.5 Å². The average Bonchev–Trinajstić information content (AvgIpc) is 2.85. The fraction of sp³-hybridized carbons (Fsp3) is 0.269. The number of carbonyl (C=O) groups excluding carboxylic acids is 2. The number of carbonyl (C=O) groups is 2. The summed E-state index contributed by atoms with van der Waals surface area (Å²) in [6.07, 6.45) is 0. The van der Waals surface area contributed by atoms with Crippen molar-refractivity contribution in [2.24, 2.45) is 0 Å². The molecule has 0 aliphatic carbocycles. The summed E-state index contributed by atoms with van der Waals surface area (Å²) in [5.41, 5.74) is 0.862. The molecule has 0 spiro atoms. The molecule has 0 saturated carbocycles. The minimum absolute atomic E-state index is 0. The molecule has 4 rings (SSSR count). The number of anilines is 1. The fourth-order valence-electron chi connectivity index (χ4n) is 4.27. The van der Waals surface area contributed by atoms with E-state index < -0.39 is 23.8 Å². The molecular weight excluding hydrogens is 534 g/mol. The third-order valence-electron chi connectivity index (χ3n) is 5.81. The monoisotopic (exact) mass is 558 g/mol. The minimum Gasteiger partial charge on any atom is -0.336 e. The second-order valence-electron chi connectivity index (χ2n) is 8.98. The molecule has 1 saturated heterocycles. The molecule has 1 aliphatic rings. The lowest BCUT2D eigenvalue weighted by molar-refractivity contribution is -0.117. The van der Waals surface area contributed by atoms with Gasteiger partial charge in [0, 0.05) is 48.1 Å². The molecule has 0 bridgehead atoms. The molecule has 2 atom stereocenters. The van der Waals surface area contributed by atoms with E-state index in [1.165, 1.54) is 42.5 Å². The number of piperazine rings is 1. The van der Waals surface area contributed by atoms with Crippen LogP contribution in [0.15, 0.2) is 53.3 Å². The molecule has 2 amide bonds. The molecule has 3 aromatic rings. The fourth-order valence-corrected chi connectivity index (χ4v) is 4.39. The van der Waals surface area contributed by atoms with Crippen molar-refractivity contribution < 1.29 is 14.0 Å². The van der Waals surface area contributed by atoms with Gasteiger partial charge >= 0.3 is 0 Å². The third kappa shape index (κ3) is 6.75. The van der Waals surface area contributed by atoms with E-state index in [2.05, 4.69) is 15.7 Å². The zero-order valence-electron chi connectivity index (χ0n) is 20.6.